The minimum atomic E-state index is 0.419. The van der Waals surface area contributed by atoms with Gasteiger partial charge >= 0.3 is 0 Å². The number of nitrogens with one attached hydrogen (secondary N) is 1. The third kappa shape index (κ3) is 3.94. The molecule has 1 aromatic carbocycles. The van der Waals surface area contributed by atoms with Crippen LogP contribution in [0.25, 0.3) is 0 Å². The fraction of sp³-hybridized carbons (Fsp3) is 0.500. The van der Waals surface area contributed by atoms with E-state index in [4.69, 9.17) is 4.74 Å². The first kappa shape index (κ1) is 18.6. The Morgan fingerprint density at radius 2 is 2.04 bits per heavy atom. The fourth-order valence-electron chi connectivity index (χ4n) is 4.52. The van der Waals surface area contributed by atoms with E-state index >= 15 is 0 Å². The summed E-state index contributed by atoms with van der Waals surface area (Å²) >= 11 is 1.89. The maximum Gasteiger partial charge on any atom is 0.119 e. The number of allylic oxidation sites excluding steroid dienone is 2. The number of hydrogen-bond acceptors (Lipinski definition) is 3. The van der Waals surface area contributed by atoms with E-state index in [9.17, 15) is 0 Å². The zero-order valence-corrected chi connectivity index (χ0v) is 17.4. The second-order valence-electron chi connectivity index (χ2n) is 7.96. The van der Waals surface area contributed by atoms with Gasteiger partial charge in [0.2, 0.25) is 0 Å². The Kier molecular flexibility index (Phi) is 5.87. The molecule has 0 saturated heterocycles. The van der Waals surface area contributed by atoms with Crippen molar-refractivity contribution in [2.45, 2.75) is 64.3 Å². The summed E-state index contributed by atoms with van der Waals surface area (Å²) in [6.07, 6.45) is 12.3. The highest BCUT2D eigenvalue weighted by atomic mass is 32.1. The van der Waals surface area contributed by atoms with Crippen molar-refractivity contribution in [3.8, 4) is 5.75 Å². The van der Waals surface area contributed by atoms with Crippen molar-refractivity contribution < 1.29 is 4.74 Å². The molecule has 1 aliphatic carbocycles. The van der Waals surface area contributed by atoms with E-state index in [2.05, 4.69) is 61.0 Å². The zero-order chi connectivity index (χ0) is 18.6. The molecule has 4 rings (SSSR count). The van der Waals surface area contributed by atoms with E-state index in [0.717, 1.165) is 25.2 Å². The fourth-order valence-corrected chi connectivity index (χ4v) is 5.57. The molecule has 0 radical (unpaired) electrons. The highest BCUT2D eigenvalue weighted by Gasteiger charge is 2.39. The van der Waals surface area contributed by atoms with Crippen molar-refractivity contribution in [2.24, 2.45) is 5.92 Å². The van der Waals surface area contributed by atoms with Crippen LogP contribution < -0.4 is 10.1 Å². The molecular weight excluding hydrogens is 350 g/mol. The van der Waals surface area contributed by atoms with Crippen LogP contribution in [0, 0.1) is 12.8 Å². The van der Waals surface area contributed by atoms with Crippen LogP contribution in [0.15, 0.2) is 41.8 Å². The molecule has 2 nitrogen and oxygen atoms in total. The normalized spacial score (nSPS) is 23.0. The average Bonchev–Trinajstić information content (AvgIpc) is 3.33. The molecule has 0 amide bonds. The number of aryl methyl sites for hydroxylation is 1. The van der Waals surface area contributed by atoms with Gasteiger partial charge in [-0.3, -0.25) is 0 Å². The van der Waals surface area contributed by atoms with Gasteiger partial charge in [0.15, 0.2) is 0 Å². The predicted octanol–water partition coefficient (Wildman–Crippen LogP) is 7.23. The zero-order valence-electron chi connectivity index (χ0n) is 16.5. The number of fused-ring (bicyclic) bond motifs is 3. The standard InChI is InChI=1S/C24H31NOS/c1-3-4-5-6-7-14-26-18-11-12-22-21(16-18)19-9-8-10-20(19)23(25-22)24-17(2)13-15-27-24/h8-9,11-13,15-16,19-20,23,25H,3-7,10,14H2,1-2H3. The van der Waals surface area contributed by atoms with Crippen molar-refractivity contribution in [1.82, 2.24) is 0 Å². The third-order valence-electron chi connectivity index (χ3n) is 6.04. The van der Waals surface area contributed by atoms with Gasteiger partial charge in [0.05, 0.1) is 12.6 Å². The number of thiophene rings is 1. The Morgan fingerprint density at radius 1 is 1.15 bits per heavy atom. The SMILES string of the molecule is CCCCCCCOc1ccc2c(c1)C1C=CCC1C(c1sccc1C)N2. The molecule has 3 heteroatoms. The first-order valence-corrected chi connectivity index (χ1v) is 11.4. The lowest BCUT2D eigenvalue weighted by molar-refractivity contribution is 0.303. The van der Waals surface area contributed by atoms with Gasteiger partial charge in [-0.15, -0.1) is 11.3 Å². The molecule has 0 saturated carbocycles. The highest BCUT2D eigenvalue weighted by molar-refractivity contribution is 7.10. The van der Waals surface area contributed by atoms with Crippen LogP contribution in [-0.2, 0) is 0 Å². The number of anilines is 1. The summed E-state index contributed by atoms with van der Waals surface area (Å²) in [5, 5.41) is 6.06. The number of benzene rings is 1. The molecule has 2 aromatic rings. The second kappa shape index (κ2) is 8.52. The van der Waals surface area contributed by atoms with Gasteiger partial charge in [-0.25, -0.2) is 0 Å². The van der Waals surface area contributed by atoms with E-state index in [-0.39, 0.29) is 0 Å². The van der Waals surface area contributed by atoms with Crippen LogP contribution in [0.1, 0.15) is 73.4 Å². The van der Waals surface area contributed by atoms with E-state index in [0.29, 0.717) is 17.9 Å². The Hall–Kier alpha value is -1.74. The monoisotopic (exact) mass is 381 g/mol. The van der Waals surface area contributed by atoms with E-state index in [1.807, 2.05) is 11.3 Å². The summed E-state index contributed by atoms with van der Waals surface area (Å²) in [4.78, 5) is 1.49. The average molecular weight is 382 g/mol. The largest absolute Gasteiger partial charge is 0.494 e. The summed E-state index contributed by atoms with van der Waals surface area (Å²) in [6.45, 7) is 5.32. The van der Waals surface area contributed by atoms with Crippen LogP contribution in [0.4, 0.5) is 5.69 Å². The molecule has 0 bridgehead atoms. The Labute approximate surface area is 167 Å². The maximum absolute atomic E-state index is 6.07. The summed E-state index contributed by atoms with van der Waals surface area (Å²) < 4.78 is 6.07. The second-order valence-corrected chi connectivity index (χ2v) is 8.90. The minimum Gasteiger partial charge on any atom is -0.494 e. The Morgan fingerprint density at radius 3 is 2.85 bits per heavy atom. The Bertz CT molecular complexity index is 793. The van der Waals surface area contributed by atoms with Crippen LogP contribution in [0.2, 0.25) is 0 Å². The van der Waals surface area contributed by atoms with Crippen molar-refractivity contribution in [3.63, 3.8) is 0 Å². The molecule has 1 aromatic heterocycles. The molecule has 2 heterocycles. The first-order valence-electron chi connectivity index (χ1n) is 10.5. The van der Waals surface area contributed by atoms with Crippen molar-refractivity contribution in [2.75, 3.05) is 11.9 Å². The summed E-state index contributed by atoms with van der Waals surface area (Å²) in [5.41, 5.74) is 4.09. The van der Waals surface area contributed by atoms with Gasteiger partial charge in [-0.05, 0) is 66.5 Å². The van der Waals surface area contributed by atoms with Gasteiger partial charge in [-0.1, -0.05) is 44.8 Å². The first-order chi connectivity index (χ1) is 13.3. The molecule has 144 valence electrons. The number of unbranched alkanes of at least 4 members (excludes halogenated alkanes) is 4. The molecule has 1 N–H and O–H groups in total. The highest BCUT2D eigenvalue weighted by Crippen LogP contribution is 2.51. The third-order valence-corrected chi connectivity index (χ3v) is 7.14. The van der Waals surface area contributed by atoms with E-state index < -0.39 is 0 Å². The van der Waals surface area contributed by atoms with Crippen LogP contribution >= 0.6 is 11.3 Å². The molecule has 0 spiro atoms. The molecule has 27 heavy (non-hydrogen) atoms. The minimum absolute atomic E-state index is 0.419. The number of hydrogen-bond donors (Lipinski definition) is 1. The lowest BCUT2D eigenvalue weighted by atomic mass is 9.78. The van der Waals surface area contributed by atoms with E-state index in [1.165, 1.54) is 47.4 Å². The Balaban J connectivity index is 1.47. The lowest BCUT2D eigenvalue weighted by Crippen LogP contribution is -2.28. The predicted molar refractivity (Wildman–Crippen MR) is 116 cm³/mol. The van der Waals surface area contributed by atoms with E-state index in [1.54, 1.807) is 0 Å². The molecular formula is C24H31NOS. The topological polar surface area (TPSA) is 21.3 Å². The van der Waals surface area contributed by atoms with Gasteiger partial charge < -0.3 is 10.1 Å². The summed E-state index contributed by atoms with van der Waals surface area (Å²) in [5.74, 6) is 2.14. The smallest absolute Gasteiger partial charge is 0.119 e. The molecule has 1 aliphatic heterocycles. The molecule has 2 aliphatic rings. The van der Waals surface area contributed by atoms with Crippen LogP contribution in [-0.4, -0.2) is 6.61 Å². The molecule has 0 fully saturated rings. The molecule has 3 atom stereocenters. The number of ether oxygens (including phenoxy) is 1. The lowest BCUT2D eigenvalue weighted by Gasteiger charge is -2.37. The van der Waals surface area contributed by atoms with Gasteiger partial charge in [0, 0.05) is 16.5 Å². The van der Waals surface area contributed by atoms with Gasteiger partial charge in [0.25, 0.3) is 0 Å². The van der Waals surface area contributed by atoms with Crippen LogP contribution in [0.3, 0.4) is 0 Å². The molecule has 3 unspecified atom stereocenters. The van der Waals surface area contributed by atoms with Crippen molar-refractivity contribution in [3.05, 3.63) is 57.8 Å². The van der Waals surface area contributed by atoms with Crippen molar-refractivity contribution >= 4 is 17.0 Å². The summed E-state index contributed by atoms with van der Waals surface area (Å²) in [6, 6.07) is 9.29. The van der Waals surface area contributed by atoms with Gasteiger partial charge in [0.1, 0.15) is 5.75 Å². The van der Waals surface area contributed by atoms with Gasteiger partial charge in [-0.2, -0.15) is 0 Å². The van der Waals surface area contributed by atoms with Crippen LogP contribution in [0.5, 0.6) is 5.75 Å². The quantitative estimate of drug-likeness (QED) is 0.384. The van der Waals surface area contributed by atoms with Crippen molar-refractivity contribution in [1.29, 1.82) is 0 Å². The maximum atomic E-state index is 6.07. The number of rotatable bonds is 8. The summed E-state index contributed by atoms with van der Waals surface area (Å²) in [7, 11) is 0.